The second-order valence-electron chi connectivity index (χ2n) is 3.53. The summed E-state index contributed by atoms with van der Waals surface area (Å²) in [6, 6.07) is 9.99. The van der Waals surface area contributed by atoms with Crippen molar-refractivity contribution < 1.29 is 0 Å². The molecular weight excluding hydrogens is 158 g/mol. The molecule has 1 unspecified atom stereocenters. The lowest BCUT2D eigenvalue weighted by Crippen LogP contribution is -1.97. The van der Waals surface area contributed by atoms with Crippen LogP contribution in [0, 0.1) is 17.2 Å². The highest BCUT2D eigenvalue weighted by molar-refractivity contribution is 5.31. The molecule has 1 rings (SSSR count). The van der Waals surface area contributed by atoms with Crippen LogP contribution in [-0.2, 0) is 6.42 Å². The van der Waals surface area contributed by atoms with Crippen molar-refractivity contribution in [3.63, 3.8) is 0 Å². The Morgan fingerprint density at radius 1 is 1.31 bits per heavy atom. The number of benzene rings is 1. The van der Waals surface area contributed by atoms with E-state index in [9.17, 15) is 0 Å². The van der Waals surface area contributed by atoms with Gasteiger partial charge in [0.15, 0.2) is 0 Å². The SMILES string of the molecule is CCC(C)Cc1ccc(C#N)cc1. The summed E-state index contributed by atoms with van der Waals surface area (Å²) in [6.45, 7) is 4.45. The maximum atomic E-state index is 8.61. The predicted octanol–water partition coefficient (Wildman–Crippen LogP) is 3.15. The Kier molecular flexibility index (Phi) is 3.52. The Labute approximate surface area is 80.0 Å². The molecule has 0 spiro atoms. The molecule has 0 N–H and O–H groups in total. The van der Waals surface area contributed by atoms with Gasteiger partial charge in [0, 0.05) is 0 Å². The van der Waals surface area contributed by atoms with Crippen molar-refractivity contribution in [1.82, 2.24) is 0 Å². The first-order valence-electron chi connectivity index (χ1n) is 4.75. The summed E-state index contributed by atoms with van der Waals surface area (Å²) in [5.41, 5.74) is 2.07. The molecule has 0 aliphatic rings. The highest BCUT2D eigenvalue weighted by Crippen LogP contribution is 2.11. The normalized spacial score (nSPS) is 12.1. The van der Waals surface area contributed by atoms with Gasteiger partial charge in [-0.2, -0.15) is 5.26 Å². The minimum atomic E-state index is 0.730. The van der Waals surface area contributed by atoms with Crippen molar-refractivity contribution in [2.24, 2.45) is 5.92 Å². The smallest absolute Gasteiger partial charge is 0.0991 e. The highest BCUT2D eigenvalue weighted by Gasteiger charge is 2.00. The van der Waals surface area contributed by atoms with Gasteiger partial charge in [-0.3, -0.25) is 0 Å². The van der Waals surface area contributed by atoms with Crippen molar-refractivity contribution in [3.05, 3.63) is 35.4 Å². The van der Waals surface area contributed by atoms with Crippen LogP contribution in [0.1, 0.15) is 31.4 Å². The third-order valence-electron chi connectivity index (χ3n) is 2.36. The van der Waals surface area contributed by atoms with E-state index in [1.807, 2.05) is 24.3 Å². The van der Waals surface area contributed by atoms with Crippen LogP contribution in [0.3, 0.4) is 0 Å². The van der Waals surface area contributed by atoms with E-state index < -0.39 is 0 Å². The molecule has 0 aromatic heterocycles. The van der Waals surface area contributed by atoms with Crippen molar-refractivity contribution in [3.8, 4) is 6.07 Å². The summed E-state index contributed by atoms with van der Waals surface area (Å²) < 4.78 is 0. The third kappa shape index (κ3) is 2.91. The minimum absolute atomic E-state index is 0.730. The first-order valence-corrected chi connectivity index (χ1v) is 4.75. The van der Waals surface area contributed by atoms with Crippen LogP contribution >= 0.6 is 0 Å². The summed E-state index contributed by atoms with van der Waals surface area (Å²) in [6.07, 6.45) is 2.32. The Morgan fingerprint density at radius 3 is 2.38 bits per heavy atom. The molecule has 1 aromatic rings. The fourth-order valence-corrected chi connectivity index (χ4v) is 1.26. The van der Waals surface area contributed by atoms with Crippen LogP contribution in [-0.4, -0.2) is 0 Å². The molecule has 1 aromatic carbocycles. The van der Waals surface area contributed by atoms with Gasteiger partial charge in [0.2, 0.25) is 0 Å². The number of rotatable bonds is 3. The van der Waals surface area contributed by atoms with Crippen molar-refractivity contribution in [1.29, 1.82) is 5.26 Å². The molecule has 1 heteroatoms. The van der Waals surface area contributed by atoms with Gasteiger partial charge in [0.05, 0.1) is 11.6 Å². The highest BCUT2D eigenvalue weighted by atomic mass is 14.2. The van der Waals surface area contributed by atoms with Crippen LogP contribution in [0.4, 0.5) is 0 Å². The van der Waals surface area contributed by atoms with Gasteiger partial charge in [-0.15, -0.1) is 0 Å². The molecular formula is C12H15N. The third-order valence-corrected chi connectivity index (χ3v) is 2.36. The number of nitriles is 1. The summed E-state index contributed by atoms with van der Waals surface area (Å²) in [5.74, 6) is 0.730. The first kappa shape index (κ1) is 9.80. The molecule has 0 bridgehead atoms. The molecule has 0 radical (unpaired) electrons. The largest absolute Gasteiger partial charge is 0.192 e. The summed E-state index contributed by atoms with van der Waals surface area (Å²) in [7, 11) is 0. The lowest BCUT2D eigenvalue weighted by atomic mass is 9.98. The molecule has 0 saturated heterocycles. The molecule has 13 heavy (non-hydrogen) atoms. The quantitative estimate of drug-likeness (QED) is 0.688. The zero-order valence-corrected chi connectivity index (χ0v) is 8.25. The zero-order valence-electron chi connectivity index (χ0n) is 8.25. The average molecular weight is 173 g/mol. The minimum Gasteiger partial charge on any atom is -0.192 e. The molecule has 0 saturated carbocycles. The lowest BCUT2D eigenvalue weighted by Gasteiger charge is -2.07. The van der Waals surface area contributed by atoms with E-state index in [-0.39, 0.29) is 0 Å². The standard InChI is InChI=1S/C12H15N/c1-3-10(2)8-11-4-6-12(9-13)7-5-11/h4-7,10H,3,8H2,1-2H3. The number of nitrogens with zero attached hydrogens (tertiary/aromatic N) is 1. The van der Waals surface area contributed by atoms with Crippen LogP contribution in [0.25, 0.3) is 0 Å². The van der Waals surface area contributed by atoms with E-state index in [0.717, 1.165) is 17.9 Å². The van der Waals surface area contributed by atoms with Gasteiger partial charge >= 0.3 is 0 Å². The molecule has 0 heterocycles. The van der Waals surface area contributed by atoms with Gasteiger partial charge in [-0.05, 0) is 30.0 Å². The van der Waals surface area contributed by atoms with Gasteiger partial charge in [0.1, 0.15) is 0 Å². The van der Waals surface area contributed by atoms with Gasteiger partial charge < -0.3 is 0 Å². The van der Waals surface area contributed by atoms with Gasteiger partial charge in [-0.25, -0.2) is 0 Å². The van der Waals surface area contributed by atoms with Crippen LogP contribution in [0.2, 0.25) is 0 Å². The average Bonchev–Trinajstić information content (AvgIpc) is 2.19. The molecule has 0 aliphatic heterocycles. The Hall–Kier alpha value is -1.29. The number of hydrogen-bond acceptors (Lipinski definition) is 1. The van der Waals surface area contributed by atoms with E-state index in [1.165, 1.54) is 12.0 Å². The fourth-order valence-electron chi connectivity index (χ4n) is 1.26. The van der Waals surface area contributed by atoms with Gasteiger partial charge in [0.25, 0.3) is 0 Å². The Balaban J connectivity index is 2.65. The molecule has 1 nitrogen and oxygen atoms in total. The van der Waals surface area contributed by atoms with E-state index in [4.69, 9.17) is 5.26 Å². The molecule has 1 atom stereocenters. The van der Waals surface area contributed by atoms with Gasteiger partial charge in [-0.1, -0.05) is 32.4 Å². The lowest BCUT2D eigenvalue weighted by molar-refractivity contribution is 0.560. The molecule has 0 amide bonds. The van der Waals surface area contributed by atoms with E-state index in [2.05, 4.69) is 19.9 Å². The zero-order chi connectivity index (χ0) is 9.68. The van der Waals surface area contributed by atoms with E-state index >= 15 is 0 Å². The summed E-state index contributed by atoms with van der Waals surface area (Å²) >= 11 is 0. The topological polar surface area (TPSA) is 23.8 Å². The van der Waals surface area contributed by atoms with Crippen LogP contribution in [0.5, 0.6) is 0 Å². The van der Waals surface area contributed by atoms with Crippen LogP contribution in [0.15, 0.2) is 24.3 Å². The van der Waals surface area contributed by atoms with Crippen molar-refractivity contribution in [2.45, 2.75) is 26.7 Å². The Morgan fingerprint density at radius 2 is 1.92 bits per heavy atom. The number of hydrogen-bond donors (Lipinski definition) is 0. The fraction of sp³-hybridized carbons (Fsp3) is 0.417. The van der Waals surface area contributed by atoms with Crippen molar-refractivity contribution >= 4 is 0 Å². The predicted molar refractivity (Wildman–Crippen MR) is 54.3 cm³/mol. The Bertz CT molecular complexity index is 292. The van der Waals surface area contributed by atoms with E-state index in [1.54, 1.807) is 0 Å². The summed E-state index contributed by atoms with van der Waals surface area (Å²) in [4.78, 5) is 0. The molecule has 68 valence electrons. The van der Waals surface area contributed by atoms with Crippen molar-refractivity contribution in [2.75, 3.05) is 0 Å². The summed E-state index contributed by atoms with van der Waals surface area (Å²) in [5, 5.41) is 8.61. The molecule has 0 fully saturated rings. The maximum Gasteiger partial charge on any atom is 0.0991 e. The monoisotopic (exact) mass is 173 g/mol. The van der Waals surface area contributed by atoms with Crippen LogP contribution < -0.4 is 0 Å². The maximum absolute atomic E-state index is 8.61. The first-order chi connectivity index (χ1) is 6.26. The van der Waals surface area contributed by atoms with E-state index in [0.29, 0.717) is 0 Å². The second kappa shape index (κ2) is 4.67. The molecule has 0 aliphatic carbocycles. The second-order valence-corrected chi connectivity index (χ2v) is 3.53.